The van der Waals surface area contributed by atoms with E-state index in [-0.39, 0.29) is 34.4 Å². The smallest absolute Gasteiger partial charge is 0.264 e. The first kappa shape index (κ1) is 30.8. The minimum absolute atomic E-state index is 0.0593. The van der Waals surface area contributed by atoms with Crippen molar-refractivity contribution in [2.75, 3.05) is 0 Å². The van der Waals surface area contributed by atoms with Crippen molar-refractivity contribution in [2.45, 2.75) is 110 Å². The molecule has 1 aromatic carbocycles. The highest BCUT2D eigenvalue weighted by Crippen LogP contribution is 2.29. The largest absolute Gasteiger partial charge is 0.507 e. The molecular weight excluding hydrogens is 448 g/mol. The van der Waals surface area contributed by atoms with Gasteiger partial charge in [-0.05, 0) is 54.7 Å². The van der Waals surface area contributed by atoms with Gasteiger partial charge in [-0.2, -0.15) is 0 Å². The number of carbonyl (C=O) groups excluding carboxylic acids is 1. The fourth-order valence-corrected chi connectivity index (χ4v) is 5.47. The standard InChI is InChI=1S/C27H48N2O4S/c1-7-19(3)13-11-14-20(4)15-12-16-21(5)25(23(8-2)28-27(6,32)33)34-29-26(31)22-17-9-10-18-24(22)30/h9-10,17-21,23,25,28,30,32-33H,7-8,11-16H2,1-6H3,(H,29,31). The minimum Gasteiger partial charge on any atom is -0.507 e. The number of hydrogen-bond acceptors (Lipinski definition) is 6. The van der Waals surface area contributed by atoms with E-state index in [0.717, 1.165) is 18.8 Å². The predicted octanol–water partition coefficient (Wildman–Crippen LogP) is 5.82. The number of phenolic OH excluding ortho intramolecular Hbond substituents is 1. The molecule has 0 fully saturated rings. The van der Waals surface area contributed by atoms with Crippen LogP contribution in [0.2, 0.25) is 0 Å². The van der Waals surface area contributed by atoms with Gasteiger partial charge in [0.15, 0.2) is 0 Å². The van der Waals surface area contributed by atoms with Gasteiger partial charge in [0.2, 0.25) is 5.91 Å². The summed E-state index contributed by atoms with van der Waals surface area (Å²) >= 11 is 1.30. The van der Waals surface area contributed by atoms with Crippen LogP contribution in [0.4, 0.5) is 0 Å². The first-order chi connectivity index (χ1) is 16.0. The maximum absolute atomic E-state index is 12.7. The summed E-state index contributed by atoms with van der Waals surface area (Å²) in [6.45, 7) is 12.4. The number of benzene rings is 1. The summed E-state index contributed by atoms with van der Waals surface area (Å²) in [5.41, 5.74) is 0.225. The number of rotatable bonds is 17. The second-order valence-electron chi connectivity index (χ2n) is 10.2. The summed E-state index contributed by atoms with van der Waals surface area (Å²) in [5.74, 6) is -0.675. The first-order valence-corrected chi connectivity index (χ1v) is 13.8. The molecule has 0 aromatic heterocycles. The van der Waals surface area contributed by atoms with Crippen LogP contribution in [0.1, 0.15) is 103 Å². The Kier molecular flexibility index (Phi) is 14.2. The summed E-state index contributed by atoms with van der Waals surface area (Å²) in [5, 5.41) is 32.7. The lowest BCUT2D eigenvalue weighted by molar-refractivity contribution is -0.176. The molecule has 7 heteroatoms. The van der Waals surface area contributed by atoms with Gasteiger partial charge >= 0.3 is 0 Å². The number of amides is 1. The topological polar surface area (TPSA) is 102 Å². The van der Waals surface area contributed by atoms with Crippen molar-refractivity contribution in [2.24, 2.45) is 17.8 Å². The number of nitrogens with one attached hydrogen (secondary N) is 2. The Morgan fingerprint density at radius 2 is 1.56 bits per heavy atom. The van der Waals surface area contributed by atoms with Crippen molar-refractivity contribution in [3.63, 3.8) is 0 Å². The Morgan fingerprint density at radius 3 is 2.12 bits per heavy atom. The average Bonchev–Trinajstić information content (AvgIpc) is 2.77. The molecule has 34 heavy (non-hydrogen) atoms. The van der Waals surface area contributed by atoms with Crippen molar-refractivity contribution >= 4 is 17.9 Å². The van der Waals surface area contributed by atoms with E-state index in [2.05, 4.69) is 37.7 Å². The van der Waals surface area contributed by atoms with E-state index >= 15 is 0 Å². The molecule has 0 saturated carbocycles. The van der Waals surface area contributed by atoms with Gasteiger partial charge in [-0.25, -0.2) is 0 Å². The van der Waals surface area contributed by atoms with E-state index in [4.69, 9.17) is 0 Å². The monoisotopic (exact) mass is 496 g/mol. The summed E-state index contributed by atoms with van der Waals surface area (Å²) in [6, 6.07) is 6.25. The number of hydrogen-bond donors (Lipinski definition) is 5. The van der Waals surface area contributed by atoms with Crippen molar-refractivity contribution in [3.05, 3.63) is 29.8 Å². The first-order valence-electron chi connectivity index (χ1n) is 12.9. The molecule has 0 aliphatic heterocycles. The molecule has 196 valence electrons. The Hall–Kier alpha value is -1.28. The Morgan fingerprint density at radius 1 is 0.971 bits per heavy atom. The normalized spacial score (nSPS) is 16.5. The summed E-state index contributed by atoms with van der Waals surface area (Å²) in [7, 11) is 0. The van der Waals surface area contributed by atoms with Gasteiger partial charge in [0, 0.05) is 18.2 Å². The van der Waals surface area contributed by atoms with E-state index < -0.39 is 5.91 Å². The zero-order valence-electron chi connectivity index (χ0n) is 22.0. The number of carbonyl (C=O) groups is 1. The highest BCUT2D eigenvalue weighted by molar-refractivity contribution is 7.98. The van der Waals surface area contributed by atoms with Gasteiger partial charge in [-0.15, -0.1) is 0 Å². The van der Waals surface area contributed by atoms with Crippen LogP contribution in [0.25, 0.3) is 0 Å². The molecule has 0 aliphatic rings. The average molecular weight is 497 g/mol. The number of aliphatic hydroxyl groups is 2. The molecule has 0 saturated heterocycles. The maximum atomic E-state index is 12.7. The molecule has 0 heterocycles. The van der Waals surface area contributed by atoms with Gasteiger partial charge in [0.1, 0.15) is 5.75 Å². The van der Waals surface area contributed by atoms with Gasteiger partial charge in [-0.3, -0.25) is 14.8 Å². The van der Waals surface area contributed by atoms with Gasteiger partial charge in [-0.1, -0.05) is 85.3 Å². The second kappa shape index (κ2) is 15.7. The second-order valence-corrected chi connectivity index (χ2v) is 11.2. The Labute approximate surface area is 211 Å². The lowest BCUT2D eigenvalue weighted by Crippen LogP contribution is -2.53. The van der Waals surface area contributed by atoms with E-state index in [1.165, 1.54) is 57.0 Å². The SMILES string of the molecule is CCC(C)CCCC(C)CCCC(C)C(SNC(=O)c1ccccc1O)C(CC)NC(C)(O)O. The highest BCUT2D eigenvalue weighted by atomic mass is 32.2. The van der Waals surface area contributed by atoms with Crippen LogP contribution in [0.5, 0.6) is 5.75 Å². The number of phenols is 1. The molecule has 1 rings (SSSR count). The number of para-hydroxylation sites is 1. The third kappa shape index (κ3) is 11.9. The minimum atomic E-state index is -1.99. The van der Waals surface area contributed by atoms with Crippen molar-refractivity contribution in [3.8, 4) is 5.75 Å². The Balaban J connectivity index is 2.71. The van der Waals surface area contributed by atoms with Crippen molar-refractivity contribution < 1.29 is 20.1 Å². The molecule has 5 unspecified atom stereocenters. The fourth-order valence-electron chi connectivity index (χ4n) is 4.32. The third-order valence-electron chi connectivity index (χ3n) is 6.74. The third-order valence-corrected chi connectivity index (χ3v) is 8.11. The van der Waals surface area contributed by atoms with Crippen LogP contribution >= 0.6 is 11.9 Å². The van der Waals surface area contributed by atoms with Crippen molar-refractivity contribution in [1.29, 1.82) is 0 Å². The molecule has 6 nitrogen and oxygen atoms in total. The molecule has 0 spiro atoms. The molecule has 1 amide bonds. The van der Waals surface area contributed by atoms with Crippen LogP contribution in [0.15, 0.2) is 24.3 Å². The van der Waals surface area contributed by atoms with Crippen LogP contribution in [0, 0.1) is 17.8 Å². The van der Waals surface area contributed by atoms with E-state index in [1.54, 1.807) is 18.2 Å². The van der Waals surface area contributed by atoms with Gasteiger partial charge < -0.3 is 15.3 Å². The predicted molar refractivity (Wildman–Crippen MR) is 142 cm³/mol. The lowest BCUT2D eigenvalue weighted by Gasteiger charge is -2.34. The zero-order valence-corrected chi connectivity index (χ0v) is 22.8. The van der Waals surface area contributed by atoms with Gasteiger partial charge in [0.05, 0.1) is 5.56 Å². The molecule has 0 aliphatic carbocycles. The highest BCUT2D eigenvalue weighted by Gasteiger charge is 2.31. The van der Waals surface area contributed by atoms with Gasteiger partial charge in [0.25, 0.3) is 5.91 Å². The van der Waals surface area contributed by atoms with E-state index in [1.807, 2.05) is 6.92 Å². The van der Waals surface area contributed by atoms with Crippen LogP contribution < -0.4 is 10.0 Å². The molecular formula is C27H48N2O4S. The van der Waals surface area contributed by atoms with E-state index in [9.17, 15) is 20.1 Å². The lowest BCUT2D eigenvalue weighted by atomic mass is 9.90. The maximum Gasteiger partial charge on any atom is 0.264 e. The molecule has 0 bridgehead atoms. The van der Waals surface area contributed by atoms with Crippen molar-refractivity contribution in [1.82, 2.24) is 10.0 Å². The van der Waals surface area contributed by atoms with E-state index in [0.29, 0.717) is 12.3 Å². The molecule has 0 radical (unpaired) electrons. The molecule has 5 atom stereocenters. The number of aromatic hydroxyl groups is 1. The van der Waals surface area contributed by atoms with Crippen LogP contribution in [-0.4, -0.2) is 38.4 Å². The van der Waals surface area contributed by atoms with Crippen LogP contribution in [-0.2, 0) is 0 Å². The Bertz CT molecular complexity index is 710. The summed E-state index contributed by atoms with van der Waals surface area (Å²) in [4.78, 5) is 12.7. The summed E-state index contributed by atoms with van der Waals surface area (Å²) in [6.07, 6.45) is 9.05. The molecule has 5 N–H and O–H groups in total. The zero-order chi connectivity index (χ0) is 25.7. The molecule has 1 aromatic rings. The quantitative estimate of drug-likeness (QED) is 0.137. The summed E-state index contributed by atoms with van der Waals surface area (Å²) < 4.78 is 2.88. The fraction of sp³-hybridized carbons (Fsp3) is 0.741. The van der Waals surface area contributed by atoms with Crippen LogP contribution in [0.3, 0.4) is 0 Å².